The van der Waals surface area contributed by atoms with E-state index in [1.54, 1.807) is 6.92 Å². The molecule has 0 aromatic heterocycles. The van der Waals surface area contributed by atoms with E-state index < -0.39 is 10.0 Å². The molecule has 0 amide bonds. The Kier molecular flexibility index (Phi) is 7.33. The lowest BCUT2D eigenvalue weighted by molar-refractivity contribution is 0.0907. The SMILES string of the molecule is CCN(CCC(=N)N)S(=O)(=O)CCOC(C)C. The van der Waals surface area contributed by atoms with Crippen molar-refractivity contribution in [3.8, 4) is 0 Å². The highest BCUT2D eigenvalue weighted by molar-refractivity contribution is 7.89. The van der Waals surface area contributed by atoms with E-state index in [0.717, 1.165) is 0 Å². The summed E-state index contributed by atoms with van der Waals surface area (Å²) >= 11 is 0. The number of nitrogens with zero attached hydrogens (tertiary/aromatic N) is 1. The largest absolute Gasteiger partial charge is 0.388 e. The first-order valence-corrected chi connectivity index (χ1v) is 7.32. The molecule has 0 aromatic rings. The smallest absolute Gasteiger partial charge is 0.216 e. The molecule has 0 unspecified atom stereocenters. The second kappa shape index (κ2) is 7.62. The minimum absolute atomic E-state index is 0.00270. The minimum Gasteiger partial charge on any atom is -0.388 e. The van der Waals surface area contributed by atoms with Crippen molar-refractivity contribution in [1.29, 1.82) is 5.41 Å². The maximum Gasteiger partial charge on any atom is 0.216 e. The Balaban J connectivity index is 4.27. The van der Waals surface area contributed by atoms with E-state index in [9.17, 15) is 8.42 Å². The topological polar surface area (TPSA) is 96.5 Å². The minimum atomic E-state index is -3.31. The van der Waals surface area contributed by atoms with Crippen LogP contribution in [0.5, 0.6) is 0 Å². The molecule has 6 nitrogen and oxygen atoms in total. The molecule has 0 aliphatic carbocycles. The predicted molar refractivity (Wildman–Crippen MR) is 68.7 cm³/mol. The molecule has 0 aliphatic heterocycles. The zero-order valence-corrected chi connectivity index (χ0v) is 11.6. The lowest BCUT2D eigenvalue weighted by Crippen LogP contribution is -2.36. The van der Waals surface area contributed by atoms with Crippen molar-refractivity contribution >= 4 is 15.9 Å². The average molecular weight is 265 g/mol. The summed E-state index contributed by atoms with van der Waals surface area (Å²) in [6.45, 7) is 6.32. The molecule has 0 radical (unpaired) electrons. The average Bonchev–Trinajstić information content (AvgIpc) is 2.16. The van der Waals surface area contributed by atoms with Crippen molar-refractivity contribution in [2.75, 3.05) is 25.4 Å². The van der Waals surface area contributed by atoms with E-state index >= 15 is 0 Å². The molecular formula is C10H23N3O3S. The summed E-state index contributed by atoms with van der Waals surface area (Å²) in [6, 6.07) is 0. The van der Waals surface area contributed by atoms with Gasteiger partial charge in [0.2, 0.25) is 10.0 Å². The highest BCUT2D eigenvalue weighted by atomic mass is 32.2. The molecule has 0 bridgehead atoms. The van der Waals surface area contributed by atoms with Crippen molar-refractivity contribution in [3.05, 3.63) is 0 Å². The second-order valence-electron chi connectivity index (χ2n) is 4.00. The Morgan fingerprint density at radius 2 is 2.06 bits per heavy atom. The van der Waals surface area contributed by atoms with Crippen LogP contribution in [0.4, 0.5) is 0 Å². The van der Waals surface area contributed by atoms with E-state index in [1.165, 1.54) is 4.31 Å². The second-order valence-corrected chi connectivity index (χ2v) is 6.09. The standard InChI is InChI=1S/C10H23N3O3S/c1-4-13(6-5-10(11)12)17(14,15)8-7-16-9(2)3/h9H,4-8H2,1-3H3,(H3,11,12). The van der Waals surface area contributed by atoms with Crippen LogP contribution in [-0.2, 0) is 14.8 Å². The predicted octanol–water partition coefficient (Wildman–Crippen LogP) is 0.389. The first-order chi connectivity index (χ1) is 7.79. The summed E-state index contributed by atoms with van der Waals surface area (Å²) in [6.07, 6.45) is 0.287. The van der Waals surface area contributed by atoms with Gasteiger partial charge >= 0.3 is 0 Å². The third-order valence-electron chi connectivity index (χ3n) is 2.17. The number of sulfonamides is 1. The molecular weight excluding hydrogens is 242 g/mol. The third kappa shape index (κ3) is 7.30. The Morgan fingerprint density at radius 1 is 1.47 bits per heavy atom. The van der Waals surface area contributed by atoms with Crippen molar-refractivity contribution in [2.45, 2.75) is 33.3 Å². The van der Waals surface area contributed by atoms with Crippen LogP contribution < -0.4 is 5.73 Å². The Morgan fingerprint density at radius 3 is 2.47 bits per heavy atom. The first kappa shape index (κ1) is 16.3. The van der Waals surface area contributed by atoms with Crippen LogP contribution in [0.3, 0.4) is 0 Å². The van der Waals surface area contributed by atoms with Gasteiger partial charge in [0.25, 0.3) is 0 Å². The van der Waals surface area contributed by atoms with Crippen molar-refractivity contribution in [1.82, 2.24) is 4.31 Å². The van der Waals surface area contributed by atoms with Gasteiger partial charge in [0.15, 0.2) is 0 Å². The summed E-state index contributed by atoms with van der Waals surface area (Å²) in [4.78, 5) is 0. The van der Waals surface area contributed by atoms with Gasteiger partial charge in [0.1, 0.15) is 0 Å². The number of nitrogens with two attached hydrogens (primary N) is 1. The summed E-state index contributed by atoms with van der Waals surface area (Å²) in [7, 11) is -3.31. The van der Waals surface area contributed by atoms with E-state index in [1.807, 2.05) is 13.8 Å². The summed E-state index contributed by atoms with van der Waals surface area (Å²) in [5, 5.41) is 7.09. The first-order valence-electron chi connectivity index (χ1n) is 5.72. The van der Waals surface area contributed by atoms with Crippen LogP contribution >= 0.6 is 0 Å². The lowest BCUT2D eigenvalue weighted by atomic mass is 10.4. The van der Waals surface area contributed by atoms with Crippen molar-refractivity contribution in [2.24, 2.45) is 5.73 Å². The number of hydrogen-bond donors (Lipinski definition) is 2. The highest BCUT2D eigenvalue weighted by Gasteiger charge is 2.20. The summed E-state index contributed by atoms with van der Waals surface area (Å²) in [5.74, 6) is -0.0335. The fourth-order valence-corrected chi connectivity index (χ4v) is 2.59. The molecule has 0 saturated heterocycles. The van der Waals surface area contributed by atoms with Gasteiger partial charge < -0.3 is 10.5 Å². The molecule has 102 valence electrons. The van der Waals surface area contributed by atoms with Gasteiger partial charge in [-0.1, -0.05) is 6.92 Å². The molecule has 17 heavy (non-hydrogen) atoms. The zero-order valence-electron chi connectivity index (χ0n) is 10.8. The van der Waals surface area contributed by atoms with Crippen molar-refractivity contribution < 1.29 is 13.2 Å². The Hall–Kier alpha value is -0.660. The highest BCUT2D eigenvalue weighted by Crippen LogP contribution is 2.03. The lowest BCUT2D eigenvalue weighted by Gasteiger charge is -2.20. The van der Waals surface area contributed by atoms with Gasteiger partial charge in [-0.05, 0) is 13.8 Å². The number of amidine groups is 1. The van der Waals surface area contributed by atoms with Crippen molar-refractivity contribution in [3.63, 3.8) is 0 Å². The van der Waals surface area contributed by atoms with Gasteiger partial charge in [0.05, 0.1) is 24.3 Å². The molecule has 0 atom stereocenters. The molecule has 0 rings (SSSR count). The number of nitrogens with one attached hydrogen (secondary N) is 1. The molecule has 0 saturated carbocycles. The molecule has 0 aromatic carbocycles. The monoisotopic (exact) mass is 265 g/mol. The normalized spacial score (nSPS) is 12.3. The van der Waals surface area contributed by atoms with Gasteiger partial charge in [-0.2, -0.15) is 0 Å². The van der Waals surface area contributed by atoms with Crippen LogP contribution in [0.2, 0.25) is 0 Å². The fraction of sp³-hybridized carbons (Fsp3) is 0.900. The van der Waals surface area contributed by atoms with Crippen LogP contribution in [-0.4, -0.2) is 50.1 Å². The van der Waals surface area contributed by atoms with Crippen LogP contribution in [0.25, 0.3) is 0 Å². The number of rotatable bonds is 9. The molecule has 0 aliphatic rings. The molecule has 3 N–H and O–H groups in total. The van der Waals surface area contributed by atoms with Gasteiger partial charge in [0, 0.05) is 19.5 Å². The van der Waals surface area contributed by atoms with E-state index in [2.05, 4.69) is 0 Å². The van der Waals surface area contributed by atoms with Crippen LogP contribution in [0.15, 0.2) is 0 Å². The summed E-state index contributed by atoms with van der Waals surface area (Å²) in [5.41, 5.74) is 5.22. The molecule has 0 heterocycles. The third-order valence-corrected chi connectivity index (χ3v) is 4.08. The molecule has 0 spiro atoms. The molecule has 0 fully saturated rings. The zero-order chi connectivity index (χ0) is 13.5. The van der Waals surface area contributed by atoms with Gasteiger partial charge in [-0.25, -0.2) is 12.7 Å². The van der Waals surface area contributed by atoms with E-state index in [-0.39, 0.29) is 37.3 Å². The maximum atomic E-state index is 11.9. The Labute approximate surface area is 104 Å². The quantitative estimate of drug-likeness (QED) is 0.465. The maximum absolute atomic E-state index is 11.9. The van der Waals surface area contributed by atoms with Gasteiger partial charge in [-0.15, -0.1) is 0 Å². The summed E-state index contributed by atoms with van der Waals surface area (Å²) < 4.78 is 30.3. The number of hydrogen-bond acceptors (Lipinski definition) is 4. The number of ether oxygens (including phenoxy) is 1. The van der Waals surface area contributed by atoms with Gasteiger partial charge in [-0.3, -0.25) is 5.41 Å². The molecule has 7 heteroatoms. The van der Waals surface area contributed by atoms with E-state index in [0.29, 0.717) is 6.54 Å². The van der Waals surface area contributed by atoms with Crippen LogP contribution in [0.1, 0.15) is 27.2 Å². The van der Waals surface area contributed by atoms with Crippen LogP contribution in [0, 0.1) is 5.41 Å². The fourth-order valence-electron chi connectivity index (χ4n) is 1.26. The Bertz CT molecular complexity index is 328. The van der Waals surface area contributed by atoms with E-state index in [4.69, 9.17) is 15.9 Å².